The highest BCUT2D eigenvalue weighted by atomic mass is 79.9. The fourth-order valence-electron chi connectivity index (χ4n) is 2.36. The van der Waals surface area contributed by atoms with E-state index < -0.39 is 0 Å². The molecule has 1 fully saturated rings. The zero-order valence-electron chi connectivity index (χ0n) is 9.86. The molecule has 3 rings (SSSR count). The first-order chi connectivity index (χ1) is 8.74. The van der Waals surface area contributed by atoms with Gasteiger partial charge in [0.05, 0.1) is 4.47 Å². The summed E-state index contributed by atoms with van der Waals surface area (Å²) in [6.45, 7) is 0. The number of carbonyl (C=O) groups excluding carboxylic acids is 1. The molecule has 0 saturated heterocycles. The maximum atomic E-state index is 11.2. The average Bonchev–Trinajstić information content (AvgIpc) is 2.79. The fraction of sp³-hybridized carbons (Fsp3) is 0.267. The van der Waals surface area contributed by atoms with Gasteiger partial charge in [0.15, 0.2) is 0 Å². The third-order valence-corrected chi connectivity index (χ3v) is 4.14. The number of benzene rings is 2. The molecular weight excluding hydrogens is 292 g/mol. The second kappa shape index (κ2) is 4.73. The van der Waals surface area contributed by atoms with Gasteiger partial charge in [0.2, 0.25) is 0 Å². The second-order valence-corrected chi connectivity index (χ2v) is 5.41. The molecule has 3 heteroatoms. The summed E-state index contributed by atoms with van der Waals surface area (Å²) in [4.78, 5) is 11.2. The third kappa shape index (κ3) is 2.15. The number of halogens is 1. The van der Waals surface area contributed by atoms with Crippen molar-refractivity contribution in [1.82, 2.24) is 0 Å². The molecule has 0 N–H and O–H groups in total. The van der Waals surface area contributed by atoms with Crippen LogP contribution >= 0.6 is 15.9 Å². The van der Waals surface area contributed by atoms with Gasteiger partial charge in [-0.2, -0.15) is 0 Å². The van der Waals surface area contributed by atoms with Crippen molar-refractivity contribution in [3.8, 4) is 5.75 Å². The van der Waals surface area contributed by atoms with Crippen LogP contribution < -0.4 is 4.74 Å². The fourth-order valence-corrected chi connectivity index (χ4v) is 2.95. The Balaban J connectivity index is 1.92. The van der Waals surface area contributed by atoms with E-state index in [1.54, 1.807) is 0 Å². The molecule has 0 bridgehead atoms. The predicted octanol–water partition coefficient (Wildman–Crippen LogP) is 4.10. The summed E-state index contributed by atoms with van der Waals surface area (Å²) in [6, 6.07) is 12.2. The van der Waals surface area contributed by atoms with Gasteiger partial charge in [0.25, 0.3) is 0 Å². The van der Waals surface area contributed by atoms with Gasteiger partial charge >= 0.3 is 0 Å². The standard InChI is InChI=1S/C15H13BrO2/c16-15-13-4-2-1-3-10(13)5-8-14(15)18-12-7-6-11(17)9-12/h1-5,8,12H,6-7,9H2. The predicted molar refractivity (Wildman–Crippen MR) is 74.9 cm³/mol. The highest BCUT2D eigenvalue weighted by Crippen LogP contribution is 2.35. The Hall–Kier alpha value is -1.35. The number of ketones is 1. The van der Waals surface area contributed by atoms with Crippen molar-refractivity contribution in [1.29, 1.82) is 0 Å². The molecule has 2 aromatic rings. The number of Topliss-reactive ketones (excluding diaryl/α,β-unsaturated/α-hetero) is 1. The van der Waals surface area contributed by atoms with Gasteiger partial charge in [0, 0.05) is 12.8 Å². The van der Waals surface area contributed by atoms with Crippen molar-refractivity contribution < 1.29 is 9.53 Å². The highest BCUT2D eigenvalue weighted by molar-refractivity contribution is 9.10. The summed E-state index contributed by atoms with van der Waals surface area (Å²) in [7, 11) is 0. The molecule has 1 unspecified atom stereocenters. The van der Waals surface area contributed by atoms with Crippen LogP contribution in [0, 0.1) is 0 Å². The molecular formula is C15H13BrO2. The molecule has 0 aromatic heterocycles. The third-order valence-electron chi connectivity index (χ3n) is 3.32. The Kier molecular flexibility index (Phi) is 3.08. The lowest BCUT2D eigenvalue weighted by molar-refractivity contribution is -0.117. The van der Waals surface area contributed by atoms with Crippen LogP contribution in [0.4, 0.5) is 0 Å². The number of hydrogen-bond donors (Lipinski definition) is 0. The zero-order chi connectivity index (χ0) is 12.5. The Morgan fingerprint density at radius 2 is 2.00 bits per heavy atom. The van der Waals surface area contributed by atoms with Crippen LogP contribution in [0.2, 0.25) is 0 Å². The zero-order valence-corrected chi connectivity index (χ0v) is 11.4. The second-order valence-electron chi connectivity index (χ2n) is 4.62. The molecule has 1 aliphatic carbocycles. The molecule has 0 aliphatic heterocycles. The van der Waals surface area contributed by atoms with Crippen LogP contribution in [0.1, 0.15) is 19.3 Å². The average molecular weight is 305 g/mol. The summed E-state index contributed by atoms with van der Waals surface area (Å²) < 4.78 is 6.89. The molecule has 0 radical (unpaired) electrons. The molecule has 92 valence electrons. The van der Waals surface area contributed by atoms with Crippen LogP contribution in [0.3, 0.4) is 0 Å². The van der Waals surface area contributed by atoms with Crippen LogP contribution in [-0.4, -0.2) is 11.9 Å². The number of carbonyl (C=O) groups is 1. The Morgan fingerprint density at radius 3 is 2.78 bits per heavy atom. The Labute approximate surface area is 114 Å². The van der Waals surface area contributed by atoms with Crippen LogP contribution in [-0.2, 0) is 4.79 Å². The minimum absolute atomic E-state index is 0.0370. The quantitative estimate of drug-likeness (QED) is 0.835. The smallest absolute Gasteiger partial charge is 0.136 e. The van der Waals surface area contributed by atoms with E-state index in [0.717, 1.165) is 22.0 Å². The summed E-state index contributed by atoms with van der Waals surface area (Å²) in [5.41, 5.74) is 0. The van der Waals surface area contributed by atoms with Crippen molar-refractivity contribution in [3.63, 3.8) is 0 Å². The van der Waals surface area contributed by atoms with Gasteiger partial charge in [0.1, 0.15) is 17.6 Å². The maximum Gasteiger partial charge on any atom is 0.136 e. The van der Waals surface area contributed by atoms with E-state index in [9.17, 15) is 4.79 Å². The molecule has 18 heavy (non-hydrogen) atoms. The monoisotopic (exact) mass is 304 g/mol. The number of rotatable bonds is 2. The first-order valence-corrected chi connectivity index (χ1v) is 6.89. The lowest BCUT2D eigenvalue weighted by Gasteiger charge is -2.15. The van der Waals surface area contributed by atoms with Gasteiger partial charge in [-0.3, -0.25) is 4.79 Å². The lowest BCUT2D eigenvalue weighted by atomic mass is 10.1. The normalized spacial score (nSPS) is 19.4. The minimum Gasteiger partial charge on any atom is -0.489 e. The van der Waals surface area contributed by atoms with Gasteiger partial charge < -0.3 is 4.74 Å². The molecule has 0 spiro atoms. The molecule has 0 heterocycles. The Morgan fingerprint density at radius 1 is 1.17 bits per heavy atom. The van der Waals surface area contributed by atoms with Gasteiger partial charge in [-0.1, -0.05) is 30.3 Å². The van der Waals surface area contributed by atoms with Gasteiger partial charge in [-0.15, -0.1) is 0 Å². The van der Waals surface area contributed by atoms with E-state index in [2.05, 4.69) is 28.1 Å². The van der Waals surface area contributed by atoms with E-state index in [0.29, 0.717) is 18.6 Å². The Bertz CT molecular complexity index is 606. The van der Waals surface area contributed by atoms with E-state index in [1.807, 2.05) is 24.3 Å². The minimum atomic E-state index is 0.0370. The number of hydrogen-bond acceptors (Lipinski definition) is 2. The molecule has 1 aliphatic rings. The van der Waals surface area contributed by atoms with Crippen LogP contribution in [0.25, 0.3) is 10.8 Å². The van der Waals surface area contributed by atoms with E-state index >= 15 is 0 Å². The molecule has 2 aromatic carbocycles. The summed E-state index contributed by atoms with van der Waals surface area (Å²) >= 11 is 3.59. The molecule has 1 atom stereocenters. The lowest BCUT2D eigenvalue weighted by Crippen LogP contribution is -2.12. The topological polar surface area (TPSA) is 26.3 Å². The maximum absolute atomic E-state index is 11.2. The van der Waals surface area contributed by atoms with Crippen molar-refractivity contribution >= 4 is 32.5 Å². The van der Waals surface area contributed by atoms with E-state index in [1.165, 1.54) is 5.39 Å². The first-order valence-electron chi connectivity index (χ1n) is 6.09. The van der Waals surface area contributed by atoms with E-state index in [-0.39, 0.29) is 6.10 Å². The van der Waals surface area contributed by atoms with Gasteiger partial charge in [-0.05, 0) is 39.2 Å². The number of fused-ring (bicyclic) bond motifs is 1. The van der Waals surface area contributed by atoms with E-state index in [4.69, 9.17) is 4.74 Å². The van der Waals surface area contributed by atoms with Crippen molar-refractivity contribution in [2.45, 2.75) is 25.4 Å². The summed E-state index contributed by atoms with van der Waals surface area (Å²) in [5, 5.41) is 2.32. The first kappa shape index (κ1) is 11.7. The molecule has 2 nitrogen and oxygen atoms in total. The van der Waals surface area contributed by atoms with Crippen LogP contribution in [0.15, 0.2) is 40.9 Å². The van der Waals surface area contributed by atoms with Crippen molar-refractivity contribution in [2.75, 3.05) is 0 Å². The molecule has 0 amide bonds. The van der Waals surface area contributed by atoms with Gasteiger partial charge in [-0.25, -0.2) is 0 Å². The SMILES string of the molecule is O=C1CCC(Oc2ccc3ccccc3c2Br)C1. The summed E-state index contributed by atoms with van der Waals surface area (Å²) in [6.07, 6.45) is 2.06. The van der Waals surface area contributed by atoms with Crippen molar-refractivity contribution in [3.05, 3.63) is 40.9 Å². The number of ether oxygens (including phenoxy) is 1. The van der Waals surface area contributed by atoms with Crippen molar-refractivity contribution in [2.24, 2.45) is 0 Å². The van der Waals surface area contributed by atoms with Crippen LogP contribution in [0.5, 0.6) is 5.75 Å². The summed E-state index contributed by atoms with van der Waals surface area (Å²) in [5.74, 6) is 1.13. The highest BCUT2D eigenvalue weighted by Gasteiger charge is 2.24. The molecule has 1 saturated carbocycles. The largest absolute Gasteiger partial charge is 0.489 e.